The lowest BCUT2D eigenvalue weighted by atomic mass is 10.2. The largest absolute Gasteiger partial charge is 0.493 e. The molecule has 0 aliphatic heterocycles. The zero-order valence-electron chi connectivity index (χ0n) is 11.5. The number of rotatable bonds is 5. The molecule has 0 aliphatic rings. The SMILES string of the molecule is COc1ccccc1OC(=Cc1ccccc1)C(C)=O. The minimum atomic E-state index is -0.139. The fraction of sp³-hybridized carbons (Fsp3) is 0.118. The molecular formula is C17H16O3. The molecule has 0 atom stereocenters. The number of methoxy groups -OCH3 is 1. The van der Waals surface area contributed by atoms with Crippen molar-refractivity contribution in [2.24, 2.45) is 0 Å². The van der Waals surface area contributed by atoms with E-state index in [1.54, 1.807) is 25.3 Å². The molecule has 3 heteroatoms. The van der Waals surface area contributed by atoms with Gasteiger partial charge in [-0.15, -0.1) is 0 Å². The van der Waals surface area contributed by atoms with Crippen molar-refractivity contribution in [3.05, 3.63) is 65.9 Å². The number of carbonyl (C=O) groups is 1. The van der Waals surface area contributed by atoms with Gasteiger partial charge in [0, 0.05) is 6.92 Å². The summed E-state index contributed by atoms with van der Waals surface area (Å²) >= 11 is 0. The summed E-state index contributed by atoms with van der Waals surface area (Å²) in [5.41, 5.74) is 0.910. The molecule has 0 bridgehead atoms. The van der Waals surface area contributed by atoms with Gasteiger partial charge in [0.2, 0.25) is 0 Å². The Morgan fingerprint density at radius 3 is 2.15 bits per heavy atom. The smallest absolute Gasteiger partial charge is 0.194 e. The summed E-state index contributed by atoms with van der Waals surface area (Å²) in [6.45, 7) is 1.48. The quantitative estimate of drug-likeness (QED) is 0.612. The Labute approximate surface area is 118 Å². The van der Waals surface area contributed by atoms with Gasteiger partial charge in [0.15, 0.2) is 23.0 Å². The second-order valence-electron chi connectivity index (χ2n) is 4.23. The van der Waals surface area contributed by atoms with Gasteiger partial charge in [-0.05, 0) is 23.8 Å². The van der Waals surface area contributed by atoms with Crippen molar-refractivity contribution in [2.45, 2.75) is 6.92 Å². The molecule has 102 valence electrons. The van der Waals surface area contributed by atoms with Gasteiger partial charge in [-0.2, -0.15) is 0 Å². The Kier molecular flexibility index (Phi) is 4.56. The van der Waals surface area contributed by atoms with Gasteiger partial charge >= 0.3 is 0 Å². The summed E-state index contributed by atoms with van der Waals surface area (Å²) in [4.78, 5) is 11.7. The Morgan fingerprint density at radius 1 is 0.950 bits per heavy atom. The van der Waals surface area contributed by atoms with E-state index < -0.39 is 0 Å². The molecule has 2 aromatic carbocycles. The number of Topliss-reactive ketones (excluding diaryl/α,β-unsaturated/α-hetero) is 1. The van der Waals surface area contributed by atoms with Gasteiger partial charge in [0.05, 0.1) is 7.11 Å². The van der Waals surface area contributed by atoms with Crippen molar-refractivity contribution in [3.8, 4) is 11.5 Å². The lowest BCUT2D eigenvalue weighted by molar-refractivity contribution is -0.115. The van der Waals surface area contributed by atoms with Crippen LogP contribution in [0.3, 0.4) is 0 Å². The zero-order valence-corrected chi connectivity index (χ0v) is 11.5. The lowest BCUT2D eigenvalue weighted by Crippen LogP contribution is -2.05. The Balaban J connectivity index is 2.31. The molecule has 0 spiro atoms. The normalized spacial score (nSPS) is 11.0. The van der Waals surface area contributed by atoms with Gasteiger partial charge in [-0.25, -0.2) is 0 Å². The molecule has 0 fully saturated rings. The van der Waals surface area contributed by atoms with Crippen LogP contribution in [0.15, 0.2) is 60.4 Å². The predicted octanol–water partition coefficient (Wildman–Crippen LogP) is 3.70. The highest BCUT2D eigenvalue weighted by Gasteiger charge is 2.10. The number of allylic oxidation sites excluding steroid dienone is 1. The highest BCUT2D eigenvalue weighted by atomic mass is 16.5. The molecule has 3 nitrogen and oxygen atoms in total. The monoisotopic (exact) mass is 268 g/mol. The molecule has 0 saturated carbocycles. The Hall–Kier alpha value is -2.55. The van der Waals surface area contributed by atoms with E-state index in [4.69, 9.17) is 9.47 Å². The molecule has 0 unspecified atom stereocenters. The van der Waals surface area contributed by atoms with Crippen molar-refractivity contribution in [3.63, 3.8) is 0 Å². The van der Waals surface area contributed by atoms with Crippen LogP contribution < -0.4 is 9.47 Å². The molecule has 0 N–H and O–H groups in total. The second-order valence-corrected chi connectivity index (χ2v) is 4.23. The minimum Gasteiger partial charge on any atom is -0.493 e. The van der Waals surface area contributed by atoms with Crippen molar-refractivity contribution in [1.29, 1.82) is 0 Å². The first-order valence-electron chi connectivity index (χ1n) is 6.29. The van der Waals surface area contributed by atoms with Crippen molar-refractivity contribution >= 4 is 11.9 Å². The van der Waals surface area contributed by atoms with Gasteiger partial charge in [0.25, 0.3) is 0 Å². The van der Waals surface area contributed by atoms with Gasteiger partial charge < -0.3 is 9.47 Å². The second kappa shape index (κ2) is 6.57. The summed E-state index contributed by atoms with van der Waals surface area (Å²) in [5, 5.41) is 0. The molecule has 20 heavy (non-hydrogen) atoms. The molecule has 2 aromatic rings. The Morgan fingerprint density at radius 2 is 1.55 bits per heavy atom. The van der Waals surface area contributed by atoms with E-state index >= 15 is 0 Å². The van der Waals surface area contributed by atoms with Crippen molar-refractivity contribution in [2.75, 3.05) is 7.11 Å². The summed E-state index contributed by atoms with van der Waals surface area (Å²) in [5.74, 6) is 1.25. The van der Waals surface area contributed by atoms with Crippen LogP contribution >= 0.6 is 0 Å². The van der Waals surface area contributed by atoms with E-state index in [1.165, 1.54) is 6.92 Å². The lowest BCUT2D eigenvalue weighted by Gasteiger charge is -2.11. The number of ether oxygens (including phenoxy) is 2. The van der Waals surface area contributed by atoms with Crippen LogP contribution in [0.1, 0.15) is 12.5 Å². The fourth-order valence-electron chi connectivity index (χ4n) is 1.73. The van der Waals surface area contributed by atoms with E-state index in [1.807, 2.05) is 42.5 Å². The van der Waals surface area contributed by atoms with Crippen LogP contribution in [-0.2, 0) is 4.79 Å². The van der Waals surface area contributed by atoms with Crippen molar-refractivity contribution in [1.82, 2.24) is 0 Å². The maximum Gasteiger partial charge on any atom is 0.194 e. The molecule has 0 aliphatic carbocycles. The number of para-hydroxylation sites is 2. The third kappa shape index (κ3) is 3.48. The summed E-state index contributed by atoms with van der Waals surface area (Å²) in [6, 6.07) is 16.8. The average molecular weight is 268 g/mol. The summed E-state index contributed by atoms with van der Waals surface area (Å²) in [6.07, 6.45) is 1.72. The highest BCUT2D eigenvalue weighted by molar-refractivity contribution is 5.96. The van der Waals surface area contributed by atoms with E-state index in [9.17, 15) is 4.79 Å². The molecule has 0 aromatic heterocycles. The molecule has 0 saturated heterocycles. The molecular weight excluding hydrogens is 252 g/mol. The van der Waals surface area contributed by atoms with Crippen LogP contribution in [0.25, 0.3) is 6.08 Å². The first-order valence-corrected chi connectivity index (χ1v) is 6.29. The van der Waals surface area contributed by atoms with Gasteiger partial charge in [-0.1, -0.05) is 42.5 Å². The summed E-state index contributed by atoms with van der Waals surface area (Å²) in [7, 11) is 1.57. The van der Waals surface area contributed by atoms with Crippen LogP contribution in [0, 0.1) is 0 Å². The Bertz CT molecular complexity index is 615. The van der Waals surface area contributed by atoms with Gasteiger partial charge in [-0.3, -0.25) is 4.79 Å². The first-order chi connectivity index (χ1) is 9.70. The number of benzene rings is 2. The number of carbonyl (C=O) groups excluding carboxylic acids is 1. The predicted molar refractivity (Wildman–Crippen MR) is 78.7 cm³/mol. The zero-order chi connectivity index (χ0) is 14.4. The van der Waals surface area contributed by atoms with Crippen LogP contribution in [0.4, 0.5) is 0 Å². The van der Waals surface area contributed by atoms with E-state index in [0.717, 1.165) is 5.56 Å². The van der Waals surface area contributed by atoms with Crippen molar-refractivity contribution < 1.29 is 14.3 Å². The fourth-order valence-corrected chi connectivity index (χ4v) is 1.73. The third-order valence-corrected chi connectivity index (χ3v) is 2.73. The average Bonchev–Trinajstić information content (AvgIpc) is 2.48. The molecule has 2 rings (SSSR count). The number of ketones is 1. The first kappa shape index (κ1) is 13.9. The molecule has 0 amide bonds. The maximum absolute atomic E-state index is 11.7. The molecule has 0 heterocycles. The minimum absolute atomic E-state index is 0.139. The number of hydrogen-bond donors (Lipinski definition) is 0. The number of hydrogen-bond acceptors (Lipinski definition) is 3. The third-order valence-electron chi connectivity index (χ3n) is 2.73. The maximum atomic E-state index is 11.7. The van der Waals surface area contributed by atoms with Gasteiger partial charge in [0.1, 0.15) is 0 Å². The van der Waals surface area contributed by atoms with E-state index in [2.05, 4.69) is 0 Å². The van der Waals surface area contributed by atoms with E-state index in [0.29, 0.717) is 11.5 Å². The standard InChI is InChI=1S/C17H16O3/c1-13(18)17(12-14-8-4-3-5-9-14)20-16-11-7-6-10-15(16)19-2/h3-12H,1-2H3. The van der Waals surface area contributed by atoms with E-state index in [-0.39, 0.29) is 11.5 Å². The van der Waals surface area contributed by atoms with Crippen LogP contribution in [0.2, 0.25) is 0 Å². The topological polar surface area (TPSA) is 35.5 Å². The van der Waals surface area contributed by atoms with Crippen LogP contribution in [0.5, 0.6) is 11.5 Å². The highest BCUT2D eigenvalue weighted by Crippen LogP contribution is 2.28. The van der Waals surface area contributed by atoms with Crippen LogP contribution in [-0.4, -0.2) is 12.9 Å². The summed E-state index contributed by atoms with van der Waals surface area (Å²) < 4.78 is 10.9. The molecule has 0 radical (unpaired) electrons.